The van der Waals surface area contributed by atoms with Gasteiger partial charge in [0.15, 0.2) is 6.61 Å². The highest BCUT2D eigenvalue weighted by molar-refractivity contribution is 6.12. The predicted molar refractivity (Wildman–Crippen MR) is 119 cm³/mol. The Hall–Kier alpha value is -4.34. The van der Waals surface area contributed by atoms with Crippen LogP contribution in [0, 0.1) is 5.82 Å². The number of furan rings is 1. The number of carboxylic acids is 1. The maximum atomic E-state index is 13.4. The third-order valence-corrected chi connectivity index (χ3v) is 5.16. The maximum absolute atomic E-state index is 13.4. The number of hydrogen-bond donors (Lipinski definition) is 2. The minimum atomic E-state index is -4.63. The number of alkyl halides is 3. The van der Waals surface area contributed by atoms with Gasteiger partial charge in [0, 0.05) is 29.6 Å². The molecule has 0 aliphatic carbocycles. The second kappa shape index (κ2) is 9.13. The van der Waals surface area contributed by atoms with Crippen molar-refractivity contribution in [2.45, 2.75) is 6.18 Å². The van der Waals surface area contributed by atoms with Crippen LogP contribution < -0.4 is 10.1 Å². The quantitative estimate of drug-likeness (QED) is 0.331. The Morgan fingerprint density at radius 3 is 2.37 bits per heavy atom. The van der Waals surface area contributed by atoms with E-state index in [2.05, 4.69) is 5.32 Å². The molecule has 0 saturated heterocycles. The zero-order chi connectivity index (χ0) is 25.3. The van der Waals surface area contributed by atoms with Gasteiger partial charge in [0.25, 0.3) is 5.91 Å². The minimum absolute atomic E-state index is 0.0539. The summed E-state index contributed by atoms with van der Waals surface area (Å²) in [5.74, 6) is -2.41. The summed E-state index contributed by atoms with van der Waals surface area (Å²) in [4.78, 5) is 24.2. The molecule has 1 aromatic heterocycles. The highest BCUT2D eigenvalue weighted by Crippen LogP contribution is 2.41. The minimum Gasteiger partial charge on any atom is -0.483 e. The Balaban J connectivity index is 1.99. The molecule has 3 aromatic carbocycles. The molecule has 1 heterocycles. The number of rotatable bonds is 6. The number of fused-ring (bicyclic) bond motifs is 1. The van der Waals surface area contributed by atoms with Crippen molar-refractivity contribution in [2.75, 3.05) is 13.7 Å². The third kappa shape index (κ3) is 4.96. The first-order valence-electron chi connectivity index (χ1n) is 10.2. The molecule has 0 radical (unpaired) electrons. The molecular weight excluding hydrogens is 470 g/mol. The average molecular weight is 487 g/mol. The molecule has 0 spiro atoms. The number of ether oxygens (including phenoxy) is 1. The van der Waals surface area contributed by atoms with Gasteiger partial charge in [-0.05, 0) is 48.0 Å². The Kier molecular flexibility index (Phi) is 6.21. The summed E-state index contributed by atoms with van der Waals surface area (Å²) in [7, 11) is 1.40. The summed E-state index contributed by atoms with van der Waals surface area (Å²) in [6.45, 7) is -1.60. The van der Waals surface area contributed by atoms with E-state index in [-0.39, 0.29) is 44.7 Å². The number of carboxylic acid groups (broad SMARTS) is 1. The van der Waals surface area contributed by atoms with Crippen LogP contribution in [0.4, 0.5) is 17.6 Å². The summed E-state index contributed by atoms with van der Waals surface area (Å²) in [5, 5.41) is 12.1. The number of carbonyl (C=O) groups is 2. The van der Waals surface area contributed by atoms with Gasteiger partial charge in [-0.15, -0.1) is 0 Å². The van der Waals surface area contributed by atoms with Gasteiger partial charge in [-0.1, -0.05) is 12.1 Å². The molecule has 0 unspecified atom stereocenters. The smallest absolute Gasteiger partial charge is 0.422 e. The van der Waals surface area contributed by atoms with Crippen LogP contribution in [0.3, 0.4) is 0 Å². The number of halogens is 4. The number of amides is 1. The molecule has 0 bridgehead atoms. The van der Waals surface area contributed by atoms with Crippen LogP contribution in [0.5, 0.6) is 5.75 Å². The highest BCUT2D eigenvalue weighted by Gasteiger charge is 2.30. The van der Waals surface area contributed by atoms with Crippen LogP contribution >= 0.6 is 0 Å². The van der Waals surface area contributed by atoms with E-state index >= 15 is 0 Å². The van der Waals surface area contributed by atoms with Crippen molar-refractivity contribution in [3.63, 3.8) is 0 Å². The van der Waals surface area contributed by atoms with Gasteiger partial charge >= 0.3 is 12.1 Å². The molecule has 2 N–H and O–H groups in total. The van der Waals surface area contributed by atoms with E-state index < -0.39 is 30.5 Å². The van der Waals surface area contributed by atoms with Gasteiger partial charge in [0.2, 0.25) is 0 Å². The molecule has 6 nitrogen and oxygen atoms in total. The van der Waals surface area contributed by atoms with Crippen LogP contribution in [-0.4, -0.2) is 36.8 Å². The topological polar surface area (TPSA) is 88.8 Å². The van der Waals surface area contributed by atoms with Gasteiger partial charge in [-0.3, -0.25) is 4.79 Å². The van der Waals surface area contributed by atoms with E-state index in [9.17, 15) is 32.3 Å². The molecule has 180 valence electrons. The fourth-order valence-corrected chi connectivity index (χ4v) is 3.60. The van der Waals surface area contributed by atoms with Crippen molar-refractivity contribution < 1.29 is 41.4 Å². The van der Waals surface area contributed by atoms with E-state index in [4.69, 9.17) is 9.15 Å². The largest absolute Gasteiger partial charge is 0.483 e. The lowest BCUT2D eigenvalue weighted by Crippen LogP contribution is -2.19. The van der Waals surface area contributed by atoms with Crippen LogP contribution in [0.2, 0.25) is 0 Å². The summed E-state index contributed by atoms with van der Waals surface area (Å²) in [5.41, 5.74) is 0.798. The van der Waals surface area contributed by atoms with Crippen molar-refractivity contribution in [1.82, 2.24) is 5.32 Å². The lowest BCUT2D eigenvalue weighted by atomic mass is 9.98. The molecule has 1 amide bonds. The van der Waals surface area contributed by atoms with E-state index in [1.54, 1.807) is 0 Å². The second-order valence-electron chi connectivity index (χ2n) is 7.53. The number of aromatic carboxylic acids is 1. The van der Waals surface area contributed by atoms with Crippen LogP contribution in [0.25, 0.3) is 33.4 Å². The SMILES string of the molecule is CNC(=O)c1c(-c2ccc(F)cc2)oc2cc(OCC(F)(F)F)c(-c3cccc(C(=O)O)c3)cc12. The van der Waals surface area contributed by atoms with Gasteiger partial charge in [-0.2, -0.15) is 13.2 Å². The highest BCUT2D eigenvalue weighted by atomic mass is 19.4. The molecule has 0 saturated carbocycles. The van der Waals surface area contributed by atoms with E-state index in [1.165, 1.54) is 67.7 Å². The van der Waals surface area contributed by atoms with Gasteiger partial charge in [0.05, 0.1) is 11.1 Å². The Bertz CT molecular complexity index is 1420. The van der Waals surface area contributed by atoms with Crippen molar-refractivity contribution in [3.05, 3.63) is 77.6 Å². The molecular formula is C25H17F4NO5. The third-order valence-electron chi connectivity index (χ3n) is 5.16. The van der Waals surface area contributed by atoms with Crippen molar-refractivity contribution in [3.8, 4) is 28.2 Å². The van der Waals surface area contributed by atoms with Crippen molar-refractivity contribution in [2.24, 2.45) is 0 Å². The van der Waals surface area contributed by atoms with Crippen LogP contribution in [0.15, 0.2) is 65.1 Å². The van der Waals surface area contributed by atoms with E-state index in [0.717, 1.165) is 0 Å². The Labute approximate surface area is 195 Å². The number of hydrogen-bond acceptors (Lipinski definition) is 4. The standard InChI is InChI=1S/C25H17F4NO5/c1-30-23(31)21-18-10-17(14-3-2-4-15(9-14)24(32)33)19(34-12-25(27,28)29)11-20(18)35-22(21)13-5-7-16(26)8-6-13/h2-11H,12H2,1H3,(H,30,31)(H,32,33). The monoisotopic (exact) mass is 487 g/mol. The normalized spacial score (nSPS) is 11.5. The Morgan fingerprint density at radius 2 is 1.74 bits per heavy atom. The fourth-order valence-electron chi connectivity index (χ4n) is 3.60. The maximum Gasteiger partial charge on any atom is 0.422 e. The summed E-state index contributed by atoms with van der Waals surface area (Å²) in [6, 6.07) is 13.3. The Morgan fingerprint density at radius 1 is 1.03 bits per heavy atom. The molecule has 0 atom stereocenters. The summed E-state index contributed by atoms with van der Waals surface area (Å²) >= 11 is 0. The molecule has 4 rings (SSSR count). The first-order valence-corrected chi connectivity index (χ1v) is 10.2. The first-order chi connectivity index (χ1) is 16.6. The van der Waals surface area contributed by atoms with Gasteiger partial charge in [-0.25, -0.2) is 9.18 Å². The van der Waals surface area contributed by atoms with Gasteiger partial charge < -0.3 is 19.6 Å². The summed E-state index contributed by atoms with van der Waals surface area (Å²) < 4.78 is 63.1. The lowest BCUT2D eigenvalue weighted by molar-refractivity contribution is -0.153. The molecule has 0 aliphatic heterocycles. The number of nitrogens with one attached hydrogen (secondary N) is 1. The fraction of sp³-hybridized carbons (Fsp3) is 0.120. The zero-order valence-electron chi connectivity index (χ0n) is 18.1. The van der Waals surface area contributed by atoms with Gasteiger partial charge in [0.1, 0.15) is 22.9 Å². The molecule has 35 heavy (non-hydrogen) atoms. The average Bonchev–Trinajstić information content (AvgIpc) is 3.20. The molecule has 0 aliphatic rings. The molecule has 4 aromatic rings. The molecule has 0 fully saturated rings. The lowest BCUT2D eigenvalue weighted by Gasteiger charge is -2.14. The van der Waals surface area contributed by atoms with E-state index in [1.807, 2.05) is 0 Å². The predicted octanol–water partition coefficient (Wildman–Crippen LogP) is 5.90. The first kappa shape index (κ1) is 23.8. The van der Waals surface area contributed by atoms with Crippen LogP contribution in [0.1, 0.15) is 20.7 Å². The second-order valence-corrected chi connectivity index (χ2v) is 7.53. The number of benzene rings is 3. The molecule has 10 heteroatoms. The summed E-state index contributed by atoms with van der Waals surface area (Å²) in [6.07, 6.45) is -4.63. The van der Waals surface area contributed by atoms with Crippen molar-refractivity contribution in [1.29, 1.82) is 0 Å². The van der Waals surface area contributed by atoms with Crippen LogP contribution in [-0.2, 0) is 0 Å². The number of carbonyl (C=O) groups excluding carboxylic acids is 1. The van der Waals surface area contributed by atoms with Crippen molar-refractivity contribution >= 4 is 22.8 Å². The van der Waals surface area contributed by atoms with E-state index in [0.29, 0.717) is 5.56 Å². The zero-order valence-corrected chi connectivity index (χ0v) is 18.1.